The van der Waals surface area contributed by atoms with E-state index in [1.54, 1.807) is 0 Å². The van der Waals surface area contributed by atoms with E-state index in [1.165, 1.54) is 56.5 Å². The molecule has 3 amide bonds. The van der Waals surface area contributed by atoms with Crippen LogP contribution in [0, 0.1) is 0 Å². The predicted molar refractivity (Wildman–Crippen MR) is 171 cm³/mol. The molecule has 4 N–H and O–H groups in total. The van der Waals surface area contributed by atoms with Gasteiger partial charge in [-0.2, -0.15) is 8.42 Å². The van der Waals surface area contributed by atoms with Crippen molar-refractivity contribution >= 4 is 45.7 Å². The van der Waals surface area contributed by atoms with Crippen LogP contribution in [0.5, 0.6) is 17.2 Å². The molecule has 1 saturated heterocycles. The van der Waals surface area contributed by atoms with E-state index in [0.717, 1.165) is 9.87 Å². The van der Waals surface area contributed by atoms with Crippen LogP contribution in [0.2, 0.25) is 0 Å². The summed E-state index contributed by atoms with van der Waals surface area (Å²) in [6.07, 6.45) is 2.38. The molecule has 0 aliphatic carbocycles. The third kappa shape index (κ3) is 9.23. The number of carbonyl (C=O) groups is 4. The lowest BCUT2D eigenvalue weighted by atomic mass is 10.1. The van der Waals surface area contributed by atoms with Crippen molar-refractivity contribution in [1.29, 1.82) is 0 Å². The van der Waals surface area contributed by atoms with E-state index in [-0.39, 0.29) is 54.0 Å². The van der Waals surface area contributed by atoms with E-state index in [0.29, 0.717) is 18.4 Å². The second-order valence-corrected chi connectivity index (χ2v) is 11.8. The van der Waals surface area contributed by atoms with Gasteiger partial charge in [0.1, 0.15) is 41.7 Å². The highest BCUT2D eigenvalue weighted by Crippen LogP contribution is 2.34. The number of ether oxygens (including phenoxy) is 3. The lowest BCUT2D eigenvalue weighted by molar-refractivity contribution is -0.122. The summed E-state index contributed by atoms with van der Waals surface area (Å²) in [5.41, 5.74) is 1.19. The Morgan fingerprint density at radius 3 is 2.45 bits per heavy atom. The van der Waals surface area contributed by atoms with Crippen LogP contribution in [0.1, 0.15) is 41.3 Å². The number of rotatable bonds is 14. The minimum atomic E-state index is -4.13. The van der Waals surface area contributed by atoms with Gasteiger partial charge in [0.25, 0.3) is 11.8 Å². The Hall–Kier alpha value is -5.57. The smallest absolute Gasteiger partial charge is 0.345 e. The molecule has 1 heterocycles. The van der Waals surface area contributed by atoms with Gasteiger partial charge in [0.15, 0.2) is 0 Å². The van der Waals surface area contributed by atoms with Gasteiger partial charge in [-0.05, 0) is 54.3 Å². The Balaban J connectivity index is 1.45. The number of anilines is 1. The zero-order valence-electron chi connectivity index (χ0n) is 25.6. The van der Waals surface area contributed by atoms with Gasteiger partial charge in [0.05, 0.1) is 19.4 Å². The lowest BCUT2D eigenvalue weighted by Crippen LogP contribution is -2.34. The Morgan fingerprint density at radius 2 is 1.77 bits per heavy atom. The molecular formula is C32H34N4O10S. The van der Waals surface area contributed by atoms with Crippen molar-refractivity contribution in [3.05, 3.63) is 89.1 Å². The van der Waals surface area contributed by atoms with Crippen LogP contribution in [0.25, 0.3) is 6.08 Å². The van der Waals surface area contributed by atoms with Crippen molar-refractivity contribution in [2.24, 2.45) is 0 Å². The minimum Gasteiger partial charge on any atom is -0.507 e. The highest BCUT2D eigenvalue weighted by Gasteiger charge is 2.35. The third-order valence-corrected chi connectivity index (χ3v) is 8.08. The van der Waals surface area contributed by atoms with Crippen molar-refractivity contribution in [2.75, 3.05) is 31.1 Å². The highest BCUT2D eigenvalue weighted by molar-refractivity contribution is 7.92. The molecule has 47 heavy (non-hydrogen) atoms. The highest BCUT2D eigenvalue weighted by atomic mass is 32.2. The summed E-state index contributed by atoms with van der Waals surface area (Å²) >= 11 is 0. The quantitative estimate of drug-likeness (QED) is 0.113. The molecule has 14 nitrogen and oxygen atoms in total. The fourth-order valence-corrected chi connectivity index (χ4v) is 5.67. The third-order valence-electron chi connectivity index (χ3n) is 6.68. The molecular weight excluding hydrogens is 632 g/mol. The van der Waals surface area contributed by atoms with Crippen LogP contribution >= 0.6 is 0 Å². The summed E-state index contributed by atoms with van der Waals surface area (Å²) in [5, 5.41) is 15.2. The van der Waals surface area contributed by atoms with Gasteiger partial charge in [-0.3, -0.25) is 14.4 Å². The molecule has 15 heteroatoms. The zero-order valence-corrected chi connectivity index (χ0v) is 26.5. The second-order valence-electron chi connectivity index (χ2n) is 10.2. The van der Waals surface area contributed by atoms with Gasteiger partial charge in [0.2, 0.25) is 5.91 Å². The molecule has 248 valence electrons. The maximum absolute atomic E-state index is 13.1. The summed E-state index contributed by atoms with van der Waals surface area (Å²) in [6, 6.07) is 18.1. The summed E-state index contributed by atoms with van der Waals surface area (Å²) in [4.78, 5) is 48.9. The first kappa shape index (κ1) is 34.3. The molecule has 4 rings (SSSR count). The summed E-state index contributed by atoms with van der Waals surface area (Å²) in [7, 11) is -2.93. The number of hydrogen-bond donors (Lipinski definition) is 4. The van der Waals surface area contributed by atoms with Crippen LogP contribution in [-0.2, 0) is 35.9 Å². The molecule has 0 atom stereocenters. The number of nitrogens with zero attached hydrogens (tertiary/aromatic N) is 1. The fourth-order valence-electron chi connectivity index (χ4n) is 4.51. The van der Waals surface area contributed by atoms with Gasteiger partial charge < -0.3 is 30.0 Å². The molecule has 0 bridgehead atoms. The molecule has 0 aromatic heterocycles. The van der Waals surface area contributed by atoms with Crippen molar-refractivity contribution < 1.29 is 46.9 Å². The monoisotopic (exact) mass is 666 g/mol. The number of benzene rings is 3. The van der Waals surface area contributed by atoms with Crippen LogP contribution in [0.3, 0.4) is 0 Å². The number of unbranched alkanes of at least 4 members (excludes halogenated alkanes) is 1. The molecule has 3 aromatic carbocycles. The number of aromatic hydroxyl groups is 1. The van der Waals surface area contributed by atoms with Gasteiger partial charge >= 0.3 is 16.2 Å². The molecule has 0 saturated carbocycles. The van der Waals surface area contributed by atoms with E-state index in [4.69, 9.17) is 9.47 Å². The van der Waals surface area contributed by atoms with E-state index < -0.39 is 40.4 Å². The molecule has 0 spiro atoms. The van der Waals surface area contributed by atoms with Crippen LogP contribution in [0.15, 0.2) is 72.4 Å². The van der Waals surface area contributed by atoms with E-state index >= 15 is 0 Å². The van der Waals surface area contributed by atoms with Gasteiger partial charge in [-0.25, -0.2) is 13.8 Å². The average Bonchev–Trinajstić information content (AvgIpc) is 3.32. The number of amides is 3. The Bertz CT molecular complexity index is 1780. The molecule has 0 unspecified atom stereocenters. The molecule has 1 fully saturated rings. The zero-order chi connectivity index (χ0) is 34.0. The van der Waals surface area contributed by atoms with Gasteiger partial charge in [-0.15, -0.1) is 0 Å². The first-order valence-corrected chi connectivity index (χ1v) is 15.9. The van der Waals surface area contributed by atoms with Crippen molar-refractivity contribution in [1.82, 2.24) is 15.4 Å². The summed E-state index contributed by atoms with van der Waals surface area (Å²) < 4.78 is 44.3. The normalized spacial score (nSPS) is 13.8. The Labute approximate surface area is 271 Å². The van der Waals surface area contributed by atoms with Crippen molar-refractivity contribution in [2.45, 2.75) is 26.4 Å². The predicted octanol–water partition coefficient (Wildman–Crippen LogP) is 2.39. The van der Waals surface area contributed by atoms with E-state index in [9.17, 15) is 32.7 Å². The van der Waals surface area contributed by atoms with Crippen LogP contribution < -0.4 is 29.1 Å². The van der Waals surface area contributed by atoms with Crippen molar-refractivity contribution in [3.8, 4) is 17.2 Å². The molecule has 0 radical (unpaired) electrons. The lowest BCUT2D eigenvalue weighted by Gasteiger charge is -2.20. The topological polar surface area (TPSA) is 190 Å². The number of phenolic OH excluding ortho intramolecular Hbond substituents is 1. The van der Waals surface area contributed by atoms with Crippen LogP contribution in [0.4, 0.5) is 5.69 Å². The number of esters is 1. The molecule has 1 aliphatic rings. The Morgan fingerprint density at radius 1 is 1.00 bits per heavy atom. The summed E-state index contributed by atoms with van der Waals surface area (Å²) in [6.45, 7) is 1.32. The number of carbonyl (C=O) groups excluding carboxylic acids is 4. The standard InChI is InChI=1S/C32H34N4O10S/c1-21(37)34-24(31(40)33-15-6-7-16-45-27-12-8-11-26(38)30(27)32(41)44-2)17-23-13-14-25(36-19-29(39)35-47(36,42)43)28(18-23)46-20-22-9-4-3-5-10-22/h3-5,8-14,17-18,38H,6-7,15-16,19-20H2,1-2H3,(H,33,40)(H,34,37)(H,35,39). The largest absolute Gasteiger partial charge is 0.507 e. The maximum atomic E-state index is 13.1. The number of nitrogens with one attached hydrogen (secondary N) is 3. The number of phenols is 1. The molecule has 1 aliphatic heterocycles. The molecule has 3 aromatic rings. The summed E-state index contributed by atoms with van der Waals surface area (Å²) in [5.74, 6) is -2.46. The maximum Gasteiger partial charge on any atom is 0.345 e. The Kier molecular flexibility index (Phi) is 11.4. The first-order chi connectivity index (χ1) is 22.5. The van der Waals surface area contributed by atoms with Gasteiger partial charge in [-0.1, -0.05) is 42.5 Å². The number of methoxy groups -OCH3 is 1. The van der Waals surface area contributed by atoms with E-state index in [1.807, 2.05) is 35.1 Å². The fraction of sp³-hybridized carbons (Fsp3) is 0.250. The first-order valence-electron chi connectivity index (χ1n) is 14.4. The van der Waals surface area contributed by atoms with Gasteiger partial charge in [0, 0.05) is 13.5 Å². The number of hydrogen-bond acceptors (Lipinski definition) is 10. The second kappa shape index (κ2) is 15.6. The average molecular weight is 667 g/mol. The van der Waals surface area contributed by atoms with E-state index in [2.05, 4.69) is 15.4 Å². The minimum absolute atomic E-state index is 0.0661. The van der Waals surface area contributed by atoms with Crippen LogP contribution in [-0.4, -0.2) is 64.0 Å². The SMILES string of the molecule is COC(=O)c1c(O)cccc1OCCCCNC(=O)C(=Cc1ccc(N2CC(=O)NS2(=O)=O)c(OCc2ccccc2)c1)NC(C)=O. The van der Waals surface area contributed by atoms with Crippen molar-refractivity contribution in [3.63, 3.8) is 0 Å².